The largest absolute Gasteiger partial charge is 0.492 e. The molecule has 182 valence electrons. The van der Waals surface area contributed by atoms with E-state index in [2.05, 4.69) is 46.5 Å². The third-order valence-electron chi connectivity index (χ3n) is 6.30. The van der Waals surface area contributed by atoms with Crippen LogP contribution >= 0.6 is 27.7 Å². The minimum absolute atomic E-state index is 0.248. The number of hydrogen-bond acceptors (Lipinski definition) is 4. The Bertz CT molecular complexity index is 1490. The number of carbonyl (C=O) groups is 2. The summed E-state index contributed by atoms with van der Waals surface area (Å²) in [4.78, 5) is 27.5. The number of imide groups is 1. The zero-order valence-electron chi connectivity index (χ0n) is 20.0. The van der Waals surface area contributed by atoms with Crippen molar-refractivity contribution in [2.45, 2.75) is 26.9 Å². The maximum atomic E-state index is 13.1. The van der Waals surface area contributed by atoms with Crippen LogP contribution in [0.15, 0.2) is 82.3 Å². The molecule has 36 heavy (non-hydrogen) atoms. The molecule has 2 heterocycles. The van der Waals surface area contributed by atoms with Crippen molar-refractivity contribution in [3.8, 4) is 5.75 Å². The molecule has 2 amide bonds. The van der Waals surface area contributed by atoms with Gasteiger partial charge >= 0.3 is 0 Å². The maximum absolute atomic E-state index is 13.1. The standard InChI is InChI=1S/C29H25BrN2O3S/c1-19-8-10-24(14-20(19)2)35-13-12-31-18-22(25-16-23(30)9-11-26(25)31)15-27-28(33)32(29(34)36-27)17-21-6-4-3-5-7-21/h3-11,14-16,18H,12-13,17H2,1-2H3/b27-15-. The van der Waals surface area contributed by atoms with E-state index >= 15 is 0 Å². The molecular formula is C29H25BrN2O3S. The molecule has 1 aliphatic heterocycles. The average Bonchev–Trinajstić information content (AvgIpc) is 3.33. The van der Waals surface area contributed by atoms with Crippen molar-refractivity contribution in [1.82, 2.24) is 9.47 Å². The second-order valence-electron chi connectivity index (χ2n) is 8.79. The molecule has 4 aromatic rings. The van der Waals surface area contributed by atoms with Gasteiger partial charge in [-0.25, -0.2) is 0 Å². The van der Waals surface area contributed by atoms with E-state index in [-0.39, 0.29) is 17.7 Å². The number of nitrogens with zero attached hydrogens (tertiary/aromatic N) is 2. The van der Waals surface area contributed by atoms with Crippen LogP contribution < -0.4 is 4.74 Å². The van der Waals surface area contributed by atoms with Crippen molar-refractivity contribution >= 4 is 55.8 Å². The highest BCUT2D eigenvalue weighted by Crippen LogP contribution is 2.35. The number of hydrogen-bond donors (Lipinski definition) is 0. The Kier molecular flexibility index (Phi) is 7.03. The Labute approximate surface area is 222 Å². The van der Waals surface area contributed by atoms with Gasteiger partial charge in [-0.2, -0.15) is 0 Å². The second kappa shape index (κ2) is 10.4. The number of aryl methyl sites for hydroxylation is 2. The average molecular weight is 562 g/mol. The molecule has 5 nitrogen and oxygen atoms in total. The highest BCUT2D eigenvalue weighted by molar-refractivity contribution is 9.10. The summed E-state index contributed by atoms with van der Waals surface area (Å²) in [6.07, 6.45) is 3.84. The molecule has 0 unspecified atom stereocenters. The second-order valence-corrected chi connectivity index (χ2v) is 10.7. The van der Waals surface area contributed by atoms with E-state index in [9.17, 15) is 9.59 Å². The first-order chi connectivity index (χ1) is 17.4. The summed E-state index contributed by atoms with van der Waals surface area (Å²) >= 11 is 4.55. The summed E-state index contributed by atoms with van der Waals surface area (Å²) in [5.74, 6) is 0.590. The number of ether oxygens (including phenoxy) is 1. The van der Waals surface area contributed by atoms with E-state index in [4.69, 9.17) is 4.74 Å². The number of rotatable bonds is 7. The van der Waals surface area contributed by atoms with Gasteiger partial charge in [0.25, 0.3) is 11.1 Å². The molecular weight excluding hydrogens is 536 g/mol. The number of carbonyl (C=O) groups excluding carboxylic acids is 2. The smallest absolute Gasteiger partial charge is 0.293 e. The summed E-state index contributed by atoms with van der Waals surface area (Å²) < 4.78 is 9.09. The van der Waals surface area contributed by atoms with Crippen LogP contribution in [0.25, 0.3) is 17.0 Å². The third kappa shape index (κ3) is 5.13. The normalized spacial score (nSPS) is 14.9. The summed E-state index contributed by atoms with van der Waals surface area (Å²) in [5, 5.41) is 0.757. The van der Waals surface area contributed by atoms with Crippen LogP contribution in [-0.4, -0.2) is 27.2 Å². The van der Waals surface area contributed by atoms with Gasteiger partial charge in [-0.3, -0.25) is 14.5 Å². The first kappa shape index (κ1) is 24.4. The lowest BCUT2D eigenvalue weighted by atomic mass is 10.1. The first-order valence-corrected chi connectivity index (χ1v) is 13.3. The quantitative estimate of drug-likeness (QED) is 0.222. The van der Waals surface area contributed by atoms with E-state index in [0.29, 0.717) is 18.1 Å². The number of benzene rings is 3. The van der Waals surface area contributed by atoms with Crippen LogP contribution in [0.4, 0.5) is 4.79 Å². The molecule has 5 rings (SSSR count). The predicted octanol–water partition coefficient (Wildman–Crippen LogP) is 7.34. The van der Waals surface area contributed by atoms with E-state index < -0.39 is 0 Å². The molecule has 1 fully saturated rings. The lowest BCUT2D eigenvalue weighted by Gasteiger charge is -2.12. The van der Waals surface area contributed by atoms with Crippen LogP contribution in [0.2, 0.25) is 0 Å². The summed E-state index contributed by atoms with van der Waals surface area (Å²) in [7, 11) is 0. The van der Waals surface area contributed by atoms with Gasteiger partial charge in [-0.15, -0.1) is 0 Å². The topological polar surface area (TPSA) is 51.5 Å². The Morgan fingerprint density at radius 2 is 1.78 bits per heavy atom. The molecule has 7 heteroatoms. The number of amides is 2. The molecule has 1 aliphatic rings. The fourth-order valence-electron chi connectivity index (χ4n) is 4.21. The number of fused-ring (bicyclic) bond motifs is 1. The van der Waals surface area contributed by atoms with Gasteiger partial charge in [0.1, 0.15) is 12.4 Å². The van der Waals surface area contributed by atoms with Gasteiger partial charge in [0.2, 0.25) is 0 Å². The number of thioether (sulfide) groups is 1. The van der Waals surface area contributed by atoms with Gasteiger partial charge in [0.15, 0.2) is 0 Å². The van der Waals surface area contributed by atoms with Crippen LogP contribution in [-0.2, 0) is 17.9 Å². The number of halogens is 1. The lowest BCUT2D eigenvalue weighted by Crippen LogP contribution is -2.27. The van der Waals surface area contributed by atoms with Gasteiger partial charge in [-0.05, 0) is 78.7 Å². The van der Waals surface area contributed by atoms with Crippen LogP contribution in [0.3, 0.4) is 0 Å². The van der Waals surface area contributed by atoms with Gasteiger partial charge in [0, 0.05) is 27.1 Å². The Balaban J connectivity index is 1.38. The molecule has 0 saturated carbocycles. The third-order valence-corrected chi connectivity index (χ3v) is 7.70. The molecule has 0 bridgehead atoms. The van der Waals surface area contributed by atoms with E-state index in [1.54, 1.807) is 0 Å². The van der Waals surface area contributed by atoms with Crippen LogP contribution in [0.1, 0.15) is 22.3 Å². The van der Waals surface area contributed by atoms with E-state index in [1.165, 1.54) is 16.0 Å². The van der Waals surface area contributed by atoms with Crippen molar-refractivity contribution in [2.24, 2.45) is 0 Å². The molecule has 3 aromatic carbocycles. The van der Waals surface area contributed by atoms with Gasteiger partial charge in [-0.1, -0.05) is 52.3 Å². The maximum Gasteiger partial charge on any atom is 0.293 e. The summed E-state index contributed by atoms with van der Waals surface area (Å²) in [5.41, 5.74) is 5.29. The molecule has 0 atom stereocenters. The predicted molar refractivity (Wildman–Crippen MR) is 149 cm³/mol. The summed E-state index contributed by atoms with van der Waals surface area (Å²) in [6.45, 7) is 5.59. The summed E-state index contributed by atoms with van der Waals surface area (Å²) in [6, 6.07) is 21.7. The van der Waals surface area contributed by atoms with E-state index in [0.717, 1.165) is 44.0 Å². The molecule has 0 aliphatic carbocycles. The Morgan fingerprint density at radius 3 is 2.56 bits per heavy atom. The van der Waals surface area contributed by atoms with Crippen molar-refractivity contribution < 1.29 is 14.3 Å². The van der Waals surface area contributed by atoms with E-state index in [1.807, 2.05) is 66.9 Å². The van der Waals surface area contributed by atoms with Crippen molar-refractivity contribution in [2.75, 3.05) is 6.61 Å². The van der Waals surface area contributed by atoms with Crippen molar-refractivity contribution in [3.63, 3.8) is 0 Å². The highest BCUT2D eigenvalue weighted by Gasteiger charge is 2.35. The van der Waals surface area contributed by atoms with Crippen LogP contribution in [0, 0.1) is 13.8 Å². The van der Waals surface area contributed by atoms with Crippen LogP contribution in [0.5, 0.6) is 5.75 Å². The highest BCUT2D eigenvalue weighted by atomic mass is 79.9. The van der Waals surface area contributed by atoms with Crippen molar-refractivity contribution in [3.05, 3.63) is 105 Å². The lowest BCUT2D eigenvalue weighted by molar-refractivity contribution is -0.123. The number of aromatic nitrogens is 1. The van der Waals surface area contributed by atoms with Gasteiger partial charge < -0.3 is 9.30 Å². The Morgan fingerprint density at radius 1 is 0.972 bits per heavy atom. The van der Waals surface area contributed by atoms with Gasteiger partial charge in [0.05, 0.1) is 18.0 Å². The first-order valence-electron chi connectivity index (χ1n) is 11.7. The minimum Gasteiger partial charge on any atom is -0.492 e. The monoisotopic (exact) mass is 560 g/mol. The molecule has 0 spiro atoms. The van der Waals surface area contributed by atoms with Crippen molar-refractivity contribution in [1.29, 1.82) is 0 Å². The zero-order chi connectivity index (χ0) is 25.2. The zero-order valence-corrected chi connectivity index (χ0v) is 22.4. The molecule has 0 N–H and O–H groups in total. The molecule has 1 aromatic heterocycles. The minimum atomic E-state index is -0.261. The fraction of sp³-hybridized carbons (Fsp3) is 0.172. The molecule has 1 saturated heterocycles. The fourth-order valence-corrected chi connectivity index (χ4v) is 5.40. The Hall–Kier alpha value is -3.29. The molecule has 0 radical (unpaired) electrons. The SMILES string of the molecule is Cc1ccc(OCCn2cc(/C=C3\SC(=O)N(Cc4ccccc4)C3=O)c3cc(Br)ccc32)cc1C.